The Balaban J connectivity index is 1.41. The van der Waals surface area contributed by atoms with E-state index in [0.717, 1.165) is 42.0 Å². The van der Waals surface area contributed by atoms with Crippen LogP contribution in [0.2, 0.25) is 0 Å². The molecule has 1 saturated heterocycles. The van der Waals surface area contributed by atoms with Crippen LogP contribution in [-0.4, -0.2) is 46.3 Å². The van der Waals surface area contributed by atoms with Gasteiger partial charge >= 0.3 is 0 Å². The van der Waals surface area contributed by atoms with Crippen molar-refractivity contribution in [3.63, 3.8) is 0 Å². The topological polar surface area (TPSA) is 50.1 Å². The number of hydrogen-bond donors (Lipinski definition) is 0. The second-order valence-corrected chi connectivity index (χ2v) is 8.82. The molecule has 2 aromatic carbocycles. The lowest BCUT2D eigenvalue weighted by atomic mass is 9.98. The number of carbonyl (C=O) groups is 1. The highest BCUT2D eigenvalue weighted by atomic mass is 16.5. The molecule has 1 fully saturated rings. The van der Waals surface area contributed by atoms with Gasteiger partial charge < -0.3 is 9.30 Å². The van der Waals surface area contributed by atoms with Crippen LogP contribution in [0, 0.1) is 0 Å². The lowest BCUT2D eigenvalue weighted by molar-refractivity contribution is -0.134. The quantitative estimate of drug-likeness (QED) is 0.563. The molecule has 3 aromatic rings. The van der Waals surface area contributed by atoms with E-state index < -0.39 is 0 Å². The van der Waals surface area contributed by atoms with Gasteiger partial charge in [0.25, 0.3) is 5.91 Å². The molecule has 0 N–H and O–H groups in total. The smallest absolute Gasteiger partial charge is 0.257 e. The van der Waals surface area contributed by atoms with Gasteiger partial charge in [0.2, 0.25) is 0 Å². The number of aryl methyl sites for hydroxylation is 1. The Morgan fingerprint density at radius 1 is 1.03 bits per heavy atom. The molecule has 0 aliphatic carbocycles. The molecule has 3 heterocycles. The fraction of sp³-hybridized carbons (Fsp3) is 0.333. The zero-order valence-electron chi connectivity index (χ0n) is 19.2. The number of nitrogens with zero attached hydrogens (tertiary/aromatic N) is 4. The molecule has 2 aliphatic rings. The third kappa shape index (κ3) is 4.31. The van der Waals surface area contributed by atoms with Crippen molar-refractivity contribution in [1.29, 1.82) is 0 Å². The Labute approximate surface area is 195 Å². The zero-order valence-corrected chi connectivity index (χ0v) is 19.2. The average Bonchev–Trinajstić information content (AvgIpc) is 3.59. The van der Waals surface area contributed by atoms with Gasteiger partial charge in [-0.15, -0.1) is 0 Å². The van der Waals surface area contributed by atoms with E-state index in [4.69, 9.17) is 9.84 Å². The van der Waals surface area contributed by atoms with Gasteiger partial charge in [-0.1, -0.05) is 42.5 Å². The number of rotatable bonds is 6. The van der Waals surface area contributed by atoms with Crippen molar-refractivity contribution in [3.05, 3.63) is 89.7 Å². The maximum Gasteiger partial charge on any atom is 0.257 e. The highest BCUT2D eigenvalue weighted by Crippen LogP contribution is 2.36. The van der Waals surface area contributed by atoms with Crippen LogP contribution in [0.15, 0.2) is 78.0 Å². The number of benzene rings is 2. The van der Waals surface area contributed by atoms with Crippen molar-refractivity contribution < 1.29 is 9.53 Å². The van der Waals surface area contributed by atoms with Gasteiger partial charge in [0.15, 0.2) is 0 Å². The number of likely N-dealkylation sites (tertiary alicyclic amines) is 1. The Morgan fingerprint density at radius 3 is 2.52 bits per heavy atom. The number of carbonyl (C=O) groups excluding carboxylic acids is 1. The Kier molecular flexibility index (Phi) is 6.01. The first kappa shape index (κ1) is 21.5. The normalized spacial score (nSPS) is 20.8. The van der Waals surface area contributed by atoms with Gasteiger partial charge in [-0.25, -0.2) is 5.01 Å². The molecule has 5 rings (SSSR count). The molecular formula is C27H30N4O2. The van der Waals surface area contributed by atoms with E-state index in [1.807, 2.05) is 42.5 Å². The molecule has 2 aliphatic heterocycles. The van der Waals surface area contributed by atoms with E-state index in [2.05, 4.69) is 47.0 Å². The SMILES string of the molecule is COc1ccc([C@@H]2CC(c3ccccc3)=NN2C(=O)CN2CCC[C@H]2c2cccn2C)cc1. The molecule has 33 heavy (non-hydrogen) atoms. The summed E-state index contributed by atoms with van der Waals surface area (Å²) in [5, 5.41) is 6.56. The lowest BCUT2D eigenvalue weighted by Gasteiger charge is -2.28. The second-order valence-electron chi connectivity index (χ2n) is 8.82. The van der Waals surface area contributed by atoms with E-state index in [1.165, 1.54) is 5.69 Å². The number of methoxy groups -OCH3 is 1. The second kappa shape index (κ2) is 9.24. The summed E-state index contributed by atoms with van der Waals surface area (Å²) in [5.41, 5.74) is 4.35. The first-order chi connectivity index (χ1) is 16.1. The van der Waals surface area contributed by atoms with Crippen LogP contribution in [0.5, 0.6) is 5.75 Å². The average molecular weight is 443 g/mol. The molecule has 6 nitrogen and oxygen atoms in total. The van der Waals surface area contributed by atoms with Crippen molar-refractivity contribution in [2.24, 2.45) is 12.1 Å². The maximum atomic E-state index is 13.6. The molecule has 6 heteroatoms. The van der Waals surface area contributed by atoms with Crippen LogP contribution in [-0.2, 0) is 11.8 Å². The van der Waals surface area contributed by atoms with Crippen molar-refractivity contribution in [1.82, 2.24) is 14.5 Å². The van der Waals surface area contributed by atoms with E-state index in [-0.39, 0.29) is 18.0 Å². The van der Waals surface area contributed by atoms with E-state index >= 15 is 0 Å². The minimum atomic E-state index is -0.116. The summed E-state index contributed by atoms with van der Waals surface area (Å²) >= 11 is 0. The summed E-state index contributed by atoms with van der Waals surface area (Å²) in [7, 11) is 3.74. The van der Waals surface area contributed by atoms with Crippen LogP contribution in [0.4, 0.5) is 0 Å². The molecule has 0 unspecified atom stereocenters. The van der Waals surface area contributed by atoms with Crippen LogP contribution in [0.25, 0.3) is 0 Å². The van der Waals surface area contributed by atoms with Crippen LogP contribution in [0.1, 0.15) is 48.2 Å². The first-order valence-electron chi connectivity index (χ1n) is 11.6. The third-order valence-corrected chi connectivity index (χ3v) is 6.80. The first-order valence-corrected chi connectivity index (χ1v) is 11.6. The van der Waals surface area contributed by atoms with Gasteiger partial charge in [0, 0.05) is 25.4 Å². The minimum absolute atomic E-state index is 0.0443. The van der Waals surface area contributed by atoms with Crippen molar-refractivity contribution in [2.45, 2.75) is 31.3 Å². The third-order valence-electron chi connectivity index (χ3n) is 6.80. The largest absolute Gasteiger partial charge is 0.497 e. The van der Waals surface area contributed by atoms with Crippen molar-refractivity contribution >= 4 is 11.6 Å². The Hall–Kier alpha value is -3.38. The number of hydrazone groups is 1. The van der Waals surface area contributed by atoms with Crippen molar-refractivity contribution in [2.75, 3.05) is 20.2 Å². The van der Waals surface area contributed by atoms with Crippen LogP contribution < -0.4 is 4.74 Å². The highest BCUT2D eigenvalue weighted by molar-refractivity contribution is 6.03. The number of ether oxygens (including phenoxy) is 1. The monoisotopic (exact) mass is 442 g/mol. The fourth-order valence-corrected chi connectivity index (χ4v) is 5.05. The van der Waals surface area contributed by atoms with Crippen LogP contribution in [0.3, 0.4) is 0 Å². The lowest BCUT2D eigenvalue weighted by Crippen LogP contribution is -2.38. The summed E-state index contributed by atoms with van der Waals surface area (Å²) in [4.78, 5) is 15.9. The van der Waals surface area contributed by atoms with E-state index in [1.54, 1.807) is 12.1 Å². The number of aromatic nitrogens is 1. The van der Waals surface area contributed by atoms with E-state index in [0.29, 0.717) is 13.0 Å². The minimum Gasteiger partial charge on any atom is -0.497 e. The van der Waals surface area contributed by atoms with Gasteiger partial charge in [-0.3, -0.25) is 9.69 Å². The summed E-state index contributed by atoms with van der Waals surface area (Å²) in [5.74, 6) is 0.851. The summed E-state index contributed by atoms with van der Waals surface area (Å²) in [6, 6.07) is 22.5. The highest BCUT2D eigenvalue weighted by Gasteiger charge is 2.36. The standard InChI is InChI=1S/C27H30N4O2/c1-29-16-6-10-24(29)25-11-7-17-30(25)19-27(32)31-26(21-12-14-22(33-2)15-13-21)18-23(28-31)20-8-4-3-5-9-20/h3-6,8-10,12-16,25-26H,7,11,17-19H2,1-2H3/t25-,26-/m0/s1. The van der Waals surface area contributed by atoms with Gasteiger partial charge in [-0.05, 0) is 54.8 Å². The zero-order chi connectivity index (χ0) is 22.8. The number of hydrogen-bond acceptors (Lipinski definition) is 4. The van der Waals surface area contributed by atoms with Gasteiger partial charge in [-0.2, -0.15) is 5.10 Å². The molecule has 0 bridgehead atoms. The van der Waals surface area contributed by atoms with Crippen LogP contribution >= 0.6 is 0 Å². The molecule has 0 spiro atoms. The summed E-state index contributed by atoms with van der Waals surface area (Å²) < 4.78 is 7.49. The van der Waals surface area contributed by atoms with Gasteiger partial charge in [0.1, 0.15) is 5.75 Å². The predicted molar refractivity (Wildman–Crippen MR) is 129 cm³/mol. The number of amides is 1. The molecule has 0 radical (unpaired) electrons. The molecule has 1 amide bonds. The van der Waals surface area contributed by atoms with E-state index in [9.17, 15) is 4.79 Å². The summed E-state index contributed by atoms with van der Waals surface area (Å²) in [6.07, 6.45) is 4.95. The fourth-order valence-electron chi connectivity index (χ4n) is 5.05. The Morgan fingerprint density at radius 2 is 1.82 bits per heavy atom. The molecule has 0 saturated carbocycles. The molecule has 1 aromatic heterocycles. The Bertz CT molecular complexity index is 1140. The van der Waals surface area contributed by atoms with Gasteiger partial charge in [0.05, 0.1) is 31.4 Å². The predicted octanol–water partition coefficient (Wildman–Crippen LogP) is 4.55. The molecule has 170 valence electrons. The maximum absolute atomic E-state index is 13.6. The van der Waals surface area contributed by atoms with Crippen molar-refractivity contribution in [3.8, 4) is 5.75 Å². The molecule has 2 atom stereocenters. The molecular weight excluding hydrogens is 412 g/mol. The summed E-state index contributed by atoms with van der Waals surface area (Å²) in [6.45, 7) is 1.30.